The molecule has 0 bridgehead atoms. The molecule has 0 unspecified atom stereocenters. The first kappa shape index (κ1) is 22.6. The number of fused-ring (bicyclic) bond motifs is 1. The molecule has 5 rings (SSSR count). The van der Waals surface area contributed by atoms with Crippen molar-refractivity contribution < 1.29 is 14.7 Å². The van der Waals surface area contributed by atoms with Gasteiger partial charge in [-0.1, -0.05) is 42.9 Å². The van der Waals surface area contributed by atoms with Crippen molar-refractivity contribution in [1.29, 1.82) is 0 Å². The molecular formula is C28H31N3O3. The molecule has 1 aromatic heterocycles. The molecule has 34 heavy (non-hydrogen) atoms. The van der Waals surface area contributed by atoms with Crippen LogP contribution in [0.5, 0.6) is 0 Å². The van der Waals surface area contributed by atoms with Crippen molar-refractivity contribution in [3.63, 3.8) is 0 Å². The fourth-order valence-electron chi connectivity index (χ4n) is 5.76. The van der Waals surface area contributed by atoms with E-state index in [1.807, 2.05) is 30.3 Å². The zero-order valence-corrected chi connectivity index (χ0v) is 19.4. The van der Waals surface area contributed by atoms with E-state index < -0.39 is 0 Å². The number of rotatable bonds is 5. The summed E-state index contributed by atoms with van der Waals surface area (Å²) in [6, 6.07) is 13.3. The Morgan fingerprint density at radius 1 is 1.12 bits per heavy atom. The predicted molar refractivity (Wildman–Crippen MR) is 129 cm³/mol. The van der Waals surface area contributed by atoms with Crippen LogP contribution >= 0.6 is 0 Å². The maximum absolute atomic E-state index is 12.9. The lowest BCUT2D eigenvalue weighted by Gasteiger charge is -2.58. The average Bonchev–Trinajstić information content (AvgIpc) is 3.35. The summed E-state index contributed by atoms with van der Waals surface area (Å²) in [4.78, 5) is 33.4. The van der Waals surface area contributed by atoms with E-state index in [0.717, 1.165) is 23.5 Å². The second-order valence-electron chi connectivity index (χ2n) is 9.69. The van der Waals surface area contributed by atoms with Crippen molar-refractivity contribution in [2.75, 3.05) is 19.7 Å². The monoisotopic (exact) mass is 457 g/mol. The summed E-state index contributed by atoms with van der Waals surface area (Å²) in [6.07, 6.45) is 8.10. The van der Waals surface area contributed by atoms with Crippen LogP contribution in [0.15, 0.2) is 48.7 Å². The minimum absolute atomic E-state index is 0.0000942. The van der Waals surface area contributed by atoms with Crippen LogP contribution in [0.3, 0.4) is 0 Å². The predicted octanol–water partition coefficient (Wildman–Crippen LogP) is 2.75. The molecule has 1 N–H and O–H groups in total. The van der Waals surface area contributed by atoms with E-state index in [1.165, 1.54) is 25.7 Å². The summed E-state index contributed by atoms with van der Waals surface area (Å²) >= 11 is 0. The molecule has 3 aliphatic rings. The standard InChI is InChI=1S/C28H31N3O3/c32-19-25-28(22-13-11-21(12-14-22)9-5-8-20-6-1-2-7-20)24-17-30(18-27(34)31(24)25)26(33)16-23-10-3-4-15-29-23/h3-4,10-15,20,24-25,28,32H,1-2,6-8,16-19H2/t24-,25+,28+/m0/s1. The number of benzene rings is 1. The largest absolute Gasteiger partial charge is 0.394 e. The minimum Gasteiger partial charge on any atom is -0.394 e. The van der Waals surface area contributed by atoms with Crippen molar-refractivity contribution >= 4 is 11.8 Å². The molecule has 2 amide bonds. The molecule has 176 valence electrons. The molecule has 1 aliphatic carbocycles. The van der Waals surface area contributed by atoms with E-state index in [9.17, 15) is 14.7 Å². The van der Waals surface area contributed by atoms with Gasteiger partial charge in [-0.05, 0) is 48.6 Å². The van der Waals surface area contributed by atoms with Crippen molar-refractivity contribution in [1.82, 2.24) is 14.8 Å². The Morgan fingerprint density at radius 3 is 2.62 bits per heavy atom. The maximum Gasteiger partial charge on any atom is 0.242 e. The van der Waals surface area contributed by atoms with E-state index in [1.54, 1.807) is 16.0 Å². The second kappa shape index (κ2) is 9.99. The smallest absolute Gasteiger partial charge is 0.242 e. The fourth-order valence-corrected chi connectivity index (χ4v) is 5.76. The van der Waals surface area contributed by atoms with Crippen LogP contribution in [0, 0.1) is 17.8 Å². The van der Waals surface area contributed by atoms with Crippen molar-refractivity contribution in [3.8, 4) is 11.8 Å². The van der Waals surface area contributed by atoms with E-state index in [0.29, 0.717) is 12.2 Å². The summed E-state index contributed by atoms with van der Waals surface area (Å²) in [5.41, 5.74) is 2.77. The summed E-state index contributed by atoms with van der Waals surface area (Å²) in [6.45, 7) is 0.445. The Labute approximate surface area is 201 Å². The number of hydrogen-bond donors (Lipinski definition) is 1. The fraction of sp³-hybridized carbons (Fsp3) is 0.464. The lowest BCUT2D eigenvalue weighted by atomic mass is 9.73. The number of hydrogen-bond acceptors (Lipinski definition) is 4. The van der Waals surface area contributed by atoms with E-state index >= 15 is 0 Å². The zero-order chi connectivity index (χ0) is 23.5. The molecule has 3 heterocycles. The number of pyridine rings is 1. The van der Waals surface area contributed by atoms with Gasteiger partial charge in [0.2, 0.25) is 11.8 Å². The molecule has 3 fully saturated rings. The number of piperazine rings is 1. The van der Waals surface area contributed by atoms with Gasteiger partial charge < -0.3 is 14.9 Å². The number of carbonyl (C=O) groups excluding carboxylic acids is 2. The molecule has 0 spiro atoms. The van der Waals surface area contributed by atoms with Gasteiger partial charge in [-0.25, -0.2) is 0 Å². The molecule has 2 aliphatic heterocycles. The summed E-state index contributed by atoms with van der Waals surface area (Å²) in [5, 5.41) is 10.0. The van der Waals surface area contributed by atoms with Crippen molar-refractivity contribution in [3.05, 3.63) is 65.5 Å². The van der Waals surface area contributed by atoms with E-state index in [4.69, 9.17) is 0 Å². The number of aliphatic hydroxyl groups excluding tert-OH is 1. The topological polar surface area (TPSA) is 73.7 Å². The highest BCUT2D eigenvalue weighted by atomic mass is 16.3. The normalized spacial score (nSPS) is 24.3. The molecule has 0 radical (unpaired) electrons. The Bertz CT molecular complexity index is 1080. The van der Waals surface area contributed by atoms with Gasteiger partial charge in [0.25, 0.3) is 0 Å². The van der Waals surface area contributed by atoms with Crippen LogP contribution in [0.2, 0.25) is 0 Å². The number of nitrogens with zero attached hydrogens (tertiary/aromatic N) is 3. The highest BCUT2D eigenvalue weighted by molar-refractivity contribution is 5.88. The number of amides is 2. The lowest BCUT2D eigenvalue weighted by Crippen LogP contribution is -2.73. The third-order valence-electron chi connectivity index (χ3n) is 7.56. The first-order valence-electron chi connectivity index (χ1n) is 12.3. The van der Waals surface area contributed by atoms with E-state index in [2.05, 4.69) is 29.0 Å². The van der Waals surface area contributed by atoms with Crippen LogP contribution in [0.25, 0.3) is 0 Å². The summed E-state index contributed by atoms with van der Waals surface area (Å²) < 4.78 is 0. The van der Waals surface area contributed by atoms with Gasteiger partial charge in [-0.3, -0.25) is 14.6 Å². The molecule has 3 atom stereocenters. The first-order valence-corrected chi connectivity index (χ1v) is 12.3. The quantitative estimate of drug-likeness (QED) is 0.701. The Kier molecular flexibility index (Phi) is 6.64. The summed E-state index contributed by atoms with van der Waals surface area (Å²) in [7, 11) is 0. The van der Waals surface area contributed by atoms with Crippen LogP contribution in [-0.4, -0.2) is 63.5 Å². The van der Waals surface area contributed by atoms with Crippen LogP contribution in [0.1, 0.15) is 54.8 Å². The molecule has 6 heteroatoms. The average molecular weight is 458 g/mol. The zero-order valence-electron chi connectivity index (χ0n) is 19.4. The SMILES string of the molecule is O=C(Cc1ccccn1)N1CC(=O)N2[C@H](CO)[C@H](c3ccc(C#CCC4CCCC4)cc3)[C@@H]2C1. The first-order chi connectivity index (χ1) is 16.6. The van der Waals surface area contributed by atoms with Gasteiger partial charge in [0.1, 0.15) is 0 Å². The molecular weight excluding hydrogens is 426 g/mol. The Balaban J connectivity index is 1.26. The Hall–Kier alpha value is -3.17. The molecule has 2 aromatic rings. The van der Waals surface area contributed by atoms with Crippen molar-refractivity contribution in [2.45, 2.75) is 56.5 Å². The number of aliphatic hydroxyl groups is 1. The van der Waals surface area contributed by atoms with Gasteiger partial charge >= 0.3 is 0 Å². The van der Waals surface area contributed by atoms with Gasteiger partial charge in [-0.15, -0.1) is 0 Å². The van der Waals surface area contributed by atoms with Gasteiger partial charge in [0.15, 0.2) is 0 Å². The number of aromatic nitrogens is 1. The maximum atomic E-state index is 12.9. The number of carbonyl (C=O) groups is 2. The summed E-state index contributed by atoms with van der Waals surface area (Å²) in [5.74, 6) is 7.18. The second-order valence-corrected chi connectivity index (χ2v) is 9.69. The lowest BCUT2D eigenvalue weighted by molar-refractivity contribution is -0.166. The molecule has 6 nitrogen and oxygen atoms in total. The van der Waals surface area contributed by atoms with Crippen molar-refractivity contribution in [2.24, 2.45) is 5.92 Å². The van der Waals surface area contributed by atoms with Gasteiger partial charge in [-0.2, -0.15) is 0 Å². The molecule has 1 saturated carbocycles. The van der Waals surface area contributed by atoms with Crippen LogP contribution in [0.4, 0.5) is 0 Å². The van der Waals surface area contributed by atoms with Gasteiger partial charge in [0, 0.05) is 36.3 Å². The Morgan fingerprint density at radius 2 is 1.91 bits per heavy atom. The molecule has 1 aromatic carbocycles. The van der Waals surface area contributed by atoms with E-state index in [-0.39, 0.29) is 49.4 Å². The van der Waals surface area contributed by atoms with Gasteiger partial charge in [0.05, 0.1) is 31.7 Å². The third kappa shape index (κ3) is 4.58. The minimum atomic E-state index is -0.246. The third-order valence-corrected chi connectivity index (χ3v) is 7.56. The highest BCUT2D eigenvalue weighted by Crippen LogP contribution is 2.43. The van der Waals surface area contributed by atoms with Crippen LogP contribution in [-0.2, 0) is 16.0 Å². The highest BCUT2D eigenvalue weighted by Gasteiger charge is 2.54. The molecule has 2 saturated heterocycles. The van der Waals surface area contributed by atoms with Crippen LogP contribution < -0.4 is 0 Å².